The quantitative estimate of drug-likeness (QED) is 0.647. The van der Waals surface area contributed by atoms with E-state index in [1.54, 1.807) is 6.08 Å². The minimum atomic E-state index is -2.52. The Kier molecular flexibility index (Phi) is 3.62. The highest BCUT2D eigenvalue weighted by molar-refractivity contribution is 5.71. The molecule has 0 aliphatic heterocycles. The predicted molar refractivity (Wildman–Crippen MR) is 83.4 cm³/mol. The van der Waals surface area contributed by atoms with Crippen LogP contribution in [0.2, 0.25) is 0 Å². The molecule has 0 aromatic heterocycles. The van der Waals surface area contributed by atoms with Crippen molar-refractivity contribution in [1.29, 1.82) is 0 Å². The third-order valence-electron chi connectivity index (χ3n) is 4.01. The highest BCUT2D eigenvalue weighted by Crippen LogP contribution is 2.36. The van der Waals surface area contributed by atoms with Crippen molar-refractivity contribution in [2.75, 3.05) is 0 Å². The van der Waals surface area contributed by atoms with E-state index in [2.05, 4.69) is 37.3 Å². The Morgan fingerprint density at radius 1 is 0.905 bits per heavy atom. The number of halogens is 2. The van der Waals surface area contributed by atoms with Gasteiger partial charge in [-0.05, 0) is 35.6 Å². The summed E-state index contributed by atoms with van der Waals surface area (Å²) in [6.07, 6.45) is 1.96. The van der Waals surface area contributed by atoms with Crippen LogP contribution in [0.3, 0.4) is 0 Å². The lowest BCUT2D eigenvalue weighted by molar-refractivity contribution is -0.00602. The van der Waals surface area contributed by atoms with Crippen LogP contribution in [0, 0.1) is 6.92 Å². The van der Waals surface area contributed by atoms with Crippen LogP contribution in [0.25, 0.3) is 16.7 Å². The van der Waals surface area contributed by atoms with Gasteiger partial charge in [0.2, 0.25) is 0 Å². The predicted octanol–water partition coefficient (Wildman–Crippen LogP) is 5.86. The first-order valence-electron chi connectivity index (χ1n) is 7.28. The average molecular weight is 284 g/mol. The summed E-state index contributed by atoms with van der Waals surface area (Å²) < 4.78 is 26.3. The molecule has 0 unspecified atom stereocenters. The second kappa shape index (κ2) is 5.44. The van der Waals surface area contributed by atoms with Gasteiger partial charge in [-0.3, -0.25) is 0 Å². The molecule has 0 saturated carbocycles. The Hall–Kier alpha value is -1.96. The summed E-state index contributed by atoms with van der Waals surface area (Å²) in [5.74, 6) is -2.52. The molecule has 0 bridgehead atoms. The van der Waals surface area contributed by atoms with Crippen LogP contribution < -0.4 is 0 Å². The number of benzene rings is 2. The zero-order valence-corrected chi connectivity index (χ0v) is 12.1. The van der Waals surface area contributed by atoms with E-state index >= 15 is 0 Å². The SMILES string of the molecule is Cc1cccc(-c2ccc(C3=CCC(F)(F)CC3)cc2)c1. The average Bonchev–Trinajstić information content (AvgIpc) is 2.47. The summed E-state index contributed by atoms with van der Waals surface area (Å²) in [6.45, 7) is 2.07. The van der Waals surface area contributed by atoms with Crippen molar-refractivity contribution in [1.82, 2.24) is 0 Å². The molecule has 2 aromatic carbocycles. The number of rotatable bonds is 2. The van der Waals surface area contributed by atoms with Crippen molar-refractivity contribution < 1.29 is 8.78 Å². The van der Waals surface area contributed by atoms with Crippen LogP contribution in [-0.2, 0) is 0 Å². The molecule has 0 nitrogen and oxygen atoms in total. The van der Waals surface area contributed by atoms with E-state index in [-0.39, 0.29) is 12.8 Å². The minimum absolute atomic E-state index is 0.0432. The van der Waals surface area contributed by atoms with Gasteiger partial charge in [-0.2, -0.15) is 0 Å². The molecular weight excluding hydrogens is 266 g/mol. The first-order valence-corrected chi connectivity index (χ1v) is 7.28. The lowest BCUT2D eigenvalue weighted by atomic mass is 9.90. The highest BCUT2D eigenvalue weighted by atomic mass is 19.3. The summed E-state index contributed by atoms with van der Waals surface area (Å²) >= 11 is 0. The Labute approximate surface area is 124 Å². The number of hydrogen-bond donors (Lipinski definition) is 0. The fraction of sp³-hybridized carbons (Fsp3) is 0.263. The third kappa shape index (κ3) is 3.21. The second-order valence-corrected chi connectivity index (χ2v) is 5.74. The van der Waals surface area contributed by atoms with Gasteiger partial charge in [-0.25, -0.2) is 8.78 Å². The minimum Gasteiger partial charge on any atom is -0.207 e. The largest absolute Gasteiger partial charge is 0.251 e. The summed E-state index contributed by atoms with van der Waals surface area (Å²) in [7, 11) is 0. The molecular formula is C19H18F2. The molecule has 0 N–H and O–H groups in total. The molecule has 0 saturated heterocycles. The van der Waals surface area contributed by atoms with Crippen molar-refractivity contribution in [2.24, 2.45) is 0 Å². The number of allylic oxidation sites excluding steroid dienone is 2. The van der Waals surface area contributed by atoms with Gasteiger partial charge >= 0.3 is 0 Å². The van der Waals surface area contributed by atoms with E-state index in [1.807, 2.05) is 18.2 Å². The van der Waals surface area contributed by atoms with Gasteiger partial charge in [0, 0.05) is 12.8 Å². The van der Waals surface area contributed by atoms with E-state index in [4.69, 9.17) is 0 Å². The Balaban J connectivity index is 1.83. The Bertz CT molecular complexity index is 666. The lowest BCUT2D eigenvalue weighted by Crippen LogP contribution is -2.18. The van der Waals surface area contributed by atoms with Crippen LogP contribution in [0.5, 0.6) is 0 Å². The summed E-state index contributed by atoms with van der Waals surface area (Å²) in [5, 5.41) is 0. The van der Waals surface area contributed by atoms with Crippen molar-refractivity contribution >= 4 is 5.57 Å². The lowest BCUT2D eigenvalue weighted by Gasteiger charge is -2.21. The standard InChI is InChI=1S/C19H18F2/c1-14-3-2-4-18(13-14)16-7-5-15(6-8-16)17-9-11-19(20,21)12-10-17/h2-9,13H,10-12H2,1H3. The van der Waals surface area contributed by atoms with Gasteiger partial charge in [-0.15, -0.1) is 0 Å². The van der Waals surface area contributed by atoms with E-state index in [0.29, 0.717) is 6.42 Å². The zero-order valence-electron chi connectivity index (χ0n) is 12.1. The molecule has 2 heteroatoms. The molecule has 0 spiro atoms. The maximum Gasteiger partial charge on any atom is 0.251 e. The van der Waals surface area contributed by atoms with E-state index in [1.165, 1.54) is 11.1 Å². The van der Waals surface area contributed by atoms with Gasteiger partial charge in [0.25, 0.3) is 5.92 Å². The number of alkyl halides is 2. The second-order valence-electron chi connectivity index (χ2n) is 5.74. The highest BCUT2D eigenvalue weighted by Gasteiger charge is 2.30. The molecule has 3 rings (SSSR count). The van der Waals surface area contributed by atoms with Crippen molar-refractivity contribution in [2.45, 2.75) is 32.1 Å². The van der Waals surface area contributed by atoms with E-state index in [9.17, 15) is 8.78 Å². The van der Waals surface area contributed by atoms with Gasteiger partial charge in [0.15, 0.2) is 0 Å². The molecule has 0 radical (unpaired) electrons. The van der Waals surface area contributed by atoms with E-state index in [0.717, 1.165) is 16.7 Å². The molecule has 108 valence electrons. The molecule has 2 aromatic rings. The van der Waals surface area contributed by atoms with Gasteiger partial charge < -0.3 is 0 Å². The smallest absolute Gasteiger partial charge is 0.207 e. The molecule has 0 heterocycles. The van der Waals surface area contributed by atoms with Crippen LogP contribution in [0.1, 0.15) is 30.4 Å². The van der Waals surface area contributed by atoms with Crippen molar-refractivity contribution in [3.63, 3.8) is 0 Å². The van der Waals surface area contributed by atoms with Crippen LogP contribution in [-0.4, -0.2) is 5.92 Å². The maximum absolute atomic E-state index is 13.2. The Morgan fingerprint density at radius 3 is 2.24 bits per heavy atom. The molecule has 0 atom stereocenters. The topological polar surface area (TPSA) is 0 Å². The third-order valence-corrected chi connectivity index (χ3v) is 4.01. The summed E-state index contributed by atoms with van der Waals surface area (Å²) in [5.41, 5.74) is 5.67. The van der Waals surface area contributed by atoms with Gasteiger partial charge in [0.05, 0.1) is 0 Å². The summed E-state index contributed by atoms with van der Waals surface area (Å²) in [4.78, 5) is 0. The Morgan fingerprint density at radius 2 is 1.62 bits per heavy atom. The molecule has 1 aliphatic carbocycles. The first kappa shape index (κ1) is 14.0. The molecule has 1 aliphatic rings. The van der Waals surface area contributed by atoms with Crippen molar-refractivity contribution in [3.8, 4) is 11.1 Å². The van der Waals surface area contributed by atoms with Gasteiger partial charge in [0.1, 0.15) is 0 Å². The molecule has 0 fully saturated rings. The maximum atomic E-state index is 13.2. The summed E-state index contributed by atoms with van der Waals surface area (Å²) in [6, 6.07) is 16.6. The van der Waals surface area contributed by atoms with Gasteiger partial charge in [-0.1, -0.05) is 60.2 Å². The fourth-order valence-corrected chi connectivity index (χ4v) is 2.76. The van der Waals surface area contributed by atoms with Crippen molar-refractivity contribution in [3.05, 3.63) is 65.7 Å². The van der Waals surface area contributed by atoms with Crippen LogP contribution in [0.15, 0.2) is 54.6 Å². The number of hydrogen-bond acceptors (Lipinski definition) is 0. The number of aryl methyl sites for hydroxylation is 1. The first-order chi connectivity index (χ1) is 10.0. The van der Waals surface area contributed by atoms with Crippen LogP contribution >= 0.6 is 0 Å². The van der Waals surface area contributed by atoms with Crippen LogP contribution in [0.4, 0.5) is 8.78 Å². The molecule has 21 heavy (non-hydrogen) atoms. The molecule has 0 amide bonds. The van der Waals surface area contributed by atoms with E-state index < -0.39 is 5.92 Å². The monoisotopic (exact) mass is 284 g/mol. The fourth-order valence-electron chi connectivity index (χ4n) is 2.76. The zero-order chi connectivity index (χ0) is 14.9. The normalized spacial score (nSPS) is 17.4.